The molecule has 0 fully saturated rings. The number of pyridine rings is 1. The van der Waals surface area contributed by atoms with E-state index in [0.29, 0.717) is 16.5 Å². The lowest BCUT2D eigenvalue weighted by atomic mass is 10.0. The van der Waals surface area contributed by atoms with Crippen LogP contribution in [-0.4, -0.2) is 34.2 Å². The van der Waals surface area contributed by atoms with Crippen molar-refractivity contribution in [3.63, 3.8) is 0 Å². The first-order chi connectivity index (χ1) is 17.3. The van der Waals surface area contributed by atoms with Crippen LogP contribution in [0.1, 0.15) is 28.0 Å². The van der Waals surface area contributed by atoms with Gasteiger partial charge in [0, 0.05) is 29.8 Å². The molecule has 0 aliphatic carbocycles. The third kappa shape index (κ3) is 4.46. The Morgan fingerprint density at radius 2 is 1.83 bits per heavy atom. The monoisotopic (exact) mass is 516 g/mol. The minimum absolute atomic E-state index is 0.0483. The lowest BCUT2D eigenvalue weighted by Crippen LogP contribution is -2.13. The molecular formula is C27H20N2O5S2. The average molecular weight is 517 g/mol. The number of ketones is 1. The first kappa shape index (κ1) is 23.7. The van der Waals surface area contributed by atoms with Gasteiger partial charge in [0.05, 0.1) is 10.4 Å². The summed E-state index contributed by atoms with van der Waals surface area (Å²) in [4.78, 5) is 28.1. The lowest BCUT2D eigenvalue weighted by molar-refractivity contribution is -0.136. The van der Waals surface area contributed by atoms with Crippen molar-refractivity contribution in [2.75, 3.05) is 0 Å². The molecule has 0 aliphatic rings. The van der Waals surface area contributed by atoms with Crippen molar-refractivity contribution in [3.05, 3.63) is 107 Å². The van der Waals surface area contributed by atoms with Crippen LogP contribution in [0.15, 0.2) is 94.8 Å². The van der Waals surface area contributed by atoms with E-state index in [1.165, 1.54) is 34.6 Å². The quantitative estimate of drug-likeness (QED) is 0.282. The highest BCUT2D eigenvalue weighted by Gasteiger charge is 2.23. The fourth-order valence-electron chi connectivity index (χ4n) is 4.07. The highest BCUT2D eigenvalue weighted by Crippen LogP contribution is 2.32. The number of hydrogen-bond acceptors (Lipinski definition) is 6. The number of fused-ring (bicyclic) bond motifs is 1. The Labute approximate surface area is 211 Å². The molecule has 0 atom stereocenters. The average Bonchev–Trinajstić information content (AvgIpc) is 3.56. The summed E-state index contributed by atoms with van der Waals surface area (Å²) in [6.07, 6.45) is 3.03. The number of thiophene rings is 1. The maximum absolute atomic E-state index is 13.7. The van der Waals surface area contributed by atoms with Crippen molar-refractivity contribution < 1.29 is 23.1 Å². The van der Waals surface area contributed by atoms with Crippen LogP contribution in [0.25, 0.3) is 22.0 Å². The third-order valence-electron chi connectivity index (χ3n) is 5.87. The minimum Gasteiger partial charge on any atom is -0.481 e. The van der Waals surface area contributed by atoms with E-state index in [0.717, 1.165) is 11.1 Å². The molecule has 0 aliphatic heterocycles. The van der Waals surface area contributed by atoms with Gasteiger partial charge in [-0.1, -0.05) is 24.3 Å². The van der Waals surface area contributed by atoms with Crippen molar-refractivity contribution in [1.82, 2.24) is 8.96 Å². The zero-order valence-electron chi connectivity index (χ0n) is 18.9. The van der Waals surface area contributed by atoms with Gasteiger partial charge in [0.1, 0.15) is 5.69 Å². The number of hydrogen-bond donors (Lipinski definition) is 1. The summed E-state index contributed by atoms with van der Waals surface area (Å²) < 4.78 is 28.7. The van der Waals surface area contributed by atoms with Crippen LogP contribution in [0.5, 0.6) is 0 Å². The van der Waals surface area contributed by atoms with E-state index in [-0.39, 0.29) is 34.8 Å². The second-order valence-corrected chi connectivity index (χ2v) is 10.8. The van der Waals surface area contributed by atoms with Crippen molar-refractivity contribution in [3.8, 4) is 11.1 Å². The van der Waals surface area contributed by atoms with Gasteiger partial charge in [0.25, 0.3) is 10.0 Å². The number of carbonyl (C=O) groups is 2. The second kappa shape index (κ2) is 9.52. The number of benzene rings is 2. The molecule has 3 aromatic heterocycles. The Hall–Kier alpha value is -4.08. The number of carboxylic acid groups (broad SMARTS) is 1. The number of nitrogens with zero attached hydrogens (tertiary/aromatic N) is 2. The largest absolute Gasteiger partial charge is 0.481 e. The molecule has 0 spiro atoms. The molecule has 0 saturated heterocycles. The predicted octanol–water partition coefficient (Wildman–Crippen LogP) is 5.25. The van der Waals surface area contributed by atoms with Crippen molar-refractivity contribution in [2.24, 2.45) is 0 Å². The molecule has 5 rings (SSSR count). The number of aliphatic carboxylic acids is 1. The van der Waals surface area contributed by atoms with Gasteiger partial charge >= 0.3 is 5.97 Å². The summed E-state index contributed by atoms with van der Waals surface area (Å²) >= 11 is 1.56. The Morgan fingerprint density at radius 3 is 2.56 bits per heavy atom. The number of aryl methyl sites for hydroxylation is 1. The van der Waals surface area contributed by atoms with E-state index in [2.05, 4.69) is 4.98 Å². The maximum Gasteiger partial charge on any atom is 0.303 e. The summed E-state index contributed by atoms with van der Waals surface area (Å²) in [7, 11) is -4.09. The Bertz CT molecular complexity index is 1690. The van der Waals surface area contributed by atoms with Crippen molar-refractivity contribution in [2.45, 2.75) is 17.7 Å². The number of rotatable bonds is 8. The predicted molar refractivity (Wildman–Crippen MR) is 138 cm³/mol. The van der Waals surface area contributed by atoms with Crippen LogP contribution in [0.4, 0.5) is 0 Å². The fraction of sp³-hybridized carbons (Fsp3) is 0.0741. The van der Waals surface area contributed by atoms with Gasteiger partial charge < -0.3 is 5.11 Å². The Kier molecular flexibility index (Phi) is 6.26. The lowest BCUT2D eigenvalue weighted by Gasteiger charge is -2.09. The first-order valence-electron chi connectivity index (χ1n) is 11.0. The van der Waals surface area contributed by atoms with Gasteiger partial charge in [-0.05, 0) is 76.3 Å². The third-order valence-corrected chi connectivity index (χ3v) is 8.22. The van der Waals surface area contributed by atoms with Crippen LogP contribution in [-0.2, 0) is 21.2 Å². The normalized spacial score (nSPS) is 11.6. The fourth-order valence-corrected chi connectivity index (χ4v) is 6.17. The van der Waals surface area contributed by atoms with Crippen LogP contribution in [0.2, 0.25) is 0 Å². The van der Waals surface area contributed by atoms with E-state index >= 15 is 0 Å². The molecule has 5 aromatic rings. The van der Waals surface area contributed by atoms with Gasteiger partial charge in [0.2, 0.25) is 5.78 Å². The zero-order chi connectivity index (χ0) is 25.3. The molecule has 7 nitrogen and oxygen atoms in total. The van der Waals surface area contributed by atoms with Gasteiger partial charge in [-0.15, -0.1) is 0 Å². The van der Waals surface area contributed by atoms with Crippen LogP contribution < -0.4 is 0 Å². The van der Waals surface area contributed by atoms with E-state index in [1.807, 2.05) is 29.0 Å². The smallest absolute Gasteiger partial charge is 0.303 e. The Morgan fingerprint density at radius 1 is 0.972 bits per heavy atom. The van der Waals surface area contributed by atoms with Crippen molar-refractivity contribution >= 4 is 44.0 Å². The summed E-state index contributed by atoms with van der Waals surface area (Å²) in [5.41, 5.74) is 3.40. The van der Waals surface area contributed by atoms with Gasteiger partial charge in [-0.2, -0.15) is 11.3 Å². The SMILES string of the molecule is O=C(O)CCc1cn(S(=O)(=O)c2cccc(C(=O)c3ccccn3)c2)c2ccc(-c3ccsc3)cc12. The van der Waals surface area contributed by atoms with Crippen LogP contribution >= 0.6 is 11.3 Å². The number of carbonyl (C=O) groups excluding carboxylic acids is 1. The highest BCUT2D eigenvalue weighted by atomic mass is 32.2. The van der Waals surface area contributed by atoms with Crippen molar-refractivity contribution in [1.29, 1.82) is 0 Å². The molecule has 0 amide bonds. The molecule has 0 unspecified atom stereocenters. The van der Waals surface area contributed by atoms with E-state index in [1.54, 1.807) is 41.7 Å². The molecule has 1 N–H and O–H groups in total. The molecule has 3 heterocycles. The molecule has 0 radical (unpaired) electrons. The van der Waals surface area contributed by atoms with Gasteiger partial charge in [-0.25, -0.2) is 12.4 Å². The topological polar surface area (TPSA) is 106 Å². The van der Waals surface area contributed by atoms with E-state index in [4.69, 9.17) is 0 Å². The van der Waals surface area contributed by atoms with E-state index < -0.39 is 16.0 Å². The maximum atomic E-state index is 13.7. The number of aromatic nitrogens is 2. The molecule has 180 valence electrons. The highest BCUT2D eigenvalue weighted by molar-refractivity contribution is 7.90. The number of carboxylic acids is 1. The standard InChI is InChI=1S/C27H20N2O5S2/c30-26(31)10-8-20-16-29(25-9-7-18(15-23(20)25)21-11-13-35-17-21)36(33,34)22-5-3-4-19(14-22)27(32)24-6-1-2-12-28-24/h1-7,9,11-17H,8,10H2,(H,30,31). The molecule has 0 bridgehead atoms. The van der Waals surface area contributed by atoms with Gasteiger partial charge in [-0.3, -0.25) is 14.6 Å². The van der Waals surface area contributed by atoms with Crippen LogP contribution in [0, 0.1) is 0 Å². The molecular weight excluding hydrogens is 496 g/mol. The summed E-state index contributed by atoms with van der Waals surface area (Å²) in [6.45, 7) is 0. The molecule has 2 aromatic carbocycles. The zero-order valence-corrected chi connectivity index (χ0v) is 20.5. The minimum atomic E-state index is -4.09. The van der Waals surface area contributed by atoms with E-state index in [9.17, 15) is 23.1 Å². The summed E-state index contributed by atoms with van der Waals surface area (Å²) in [5.74, 6) is -1.35. The molecule has 0 saturated carbocycles. The van der Waals surface area contributed by atoms with Crippen LogP contribution in [0.3, 0.4) is 0 Å². The first-order valence-corrected chi connectivity index (χ1v) is 13.4. The second-order valence-electron chi connectivity index (χ2n) is 8.16. The molecule has 36 heavy (non-hydrogen) atoms. The summed E-state index contributed by atoms with van der Waals surface area (Å²) in [5, 5.41) is 13.8. The molecule has 9 heteroatoms. The van der Waals surface area contributed by atoms with Gasteiger partial charge in [0.15, 0.2) is 0 Å². The summed E-state index contributed by atoms with van der Waals surface area (Å²) in [6, 6.07) is 18.2. The Balaban J connectivity index is 1.61.